The zero-order valence-electron chi connectivity index (χ0n) is 10.7. The topological polar surface area (TPSA) is 15.3 Å². The summed E-state index contributed by atoms with van der Waals surface area (Å²) >= 11 is 2.13. The molecule has 2 heterocycles. The van der Waals surface area contributed by atoms with E-state index in [0.29, 0.717) is 0 Å². The van der Waals surface area contributed by atoms with Crippen molar-refractivity contribution in [1.82, 2.24) is 10.2 Å². The van der Waals surface area contributed by atoms with Gasteiger partial charge in [0.15, 0.2) is 0 Å². The highest BCUT2D eigenvalue weighted by Gasteiger charge is 2.30. The number of nitrogens with zero attached hydrogens (tertiary/aromatic N) is 1. The van der Waals surface area contributed by atoms with Crippen molar-refractivity contribution in [3.8, 4) is 0 Å². The molecule has 2 nitrogen and oxygen atoms in total. The Morgan fingerprint density at radius 1 is 1.31 bits per heavy atom. The van der Waals surface area contributed by atoms with Crippen molar-refractivity contribution >= 4 is 11.8 Å². The van der Waals surface area contributed by atoms with E-state index in [4.69, 9.17) is 0 Å². The molecular weight excluding hydrogens is 216 g/mol. The standard InChI is InChI=1S/C13H26N2S/c1-3-4-12-10-15(11(2)9-14-12)13-5-7-16-8-6-13/h11-14H,3-10H2,1-2H3. The van der Waals surface area contributed by atoms with Crippen molar-refractivity contribution < 1.29 is 0 Å². The molecule has 2 aliphatic rings. The van der Waals surface area contributed by atoms with Crippen LogP contribution in [-0.4, -0.2) is 47.6 Å². The van der Waals surface area contributed by atoms with Crippen LogP contribution in [0.4, 0.5) is 0 Å². The molecule has 3 heteroatoms. The summed E-state index contributed by atoms with van der Waals surface area (Å²) in [6.45, 7) is 7.15. The largest absolute Gasteiger partial charge is 0.311 e. The fraction of sp³-hybridized carbons (Fsp3) is 1.00. The molecule has 0 radical (unpaired) electrons. The molecule has 0 aliphatic carbocycles. The Labute approximate surface area is 105 Å². The highest BCUT2D eigenvalue weighted by molar-refractivity contribution is 7.99. The summed E-state index contributed by atoms with van der Waals surface area (Å²) in [5.41, 5.74) is 0. The number of hydrogen-bond donors (Lipinski definition) is 1. The fourth-order valence-electron chi connectivity index (χ4n) is 3.02. The lowest BCUT2D eigenvalue weighted by atomic mass is 10.0. The molecule has 0 aromatic rings. The minimum atomic E-state index is 0.737. The lowest BCUT2D eigenvalue weighted by Gasteiger charge is -2.44. The van der Waals surface area contributed by atoms with Gasteiger partial charge in [0.25, 0.3) is 0 Å². The fourth-order valence-corrected chi connectivity index (χ4v) is 4.10. The summed E-state index contributed by atoms with van der Waals surface area (Å²) in [7, 11) is 0. The molecule has 16 heavy (non-hydrogen) atoms. The van der Waals surface area contributed by atoms with Gasteiger partial charge in [-0.3, -0.25) is 4.90 Å². The minimum Gasteiger partial charge on any atom is -0.311 e. The van der Waals surface area contributed by atoms with Crippen LogP contribution in [0.2, 0.25) is 0 Å². The third-order valence-electron chi connectivity index (χ3n) is 4.00. The van der Waals surface area contributed by atoms with Crippen LogP contribution < -0.4 is 5.32 Å². The molecule has 2 unspecified atom stereocenters. The van der Waals surface area contributed by atoms with E-state index in [1.807, 2.05) is 0 Å². The summed E-state index contributed by atoms with van der Waals surface area (Å²) in [5.74, 6) is 2.75. The summed E-state index contributed by atoms with van der Waals surface area (Å²) < 4.78 is 0. The number of nitrogens with one attached hydrogen (secondary N) is 1. The summed E-state index contributed by atoms with van der Waals surface area (Å²) in [6, 6.07) is 2.36. The molecule has 0 aromatic heterocycles. The van der Waals surface area contributed by atoms with Gasteiger partial charge in [0.1, 0.15) is 0 Å². The highest BCUT2D eigenvalue weighted by Crippen LogP contribution is 2.25. The van der Waals surface area contributed by atoms with E-state index in [0.717, 1.165) is 18.1 Å². The first-order valence-electron chi connectivity index (χ1n) is 6.88. The number of piperazine rings is 1. The first kappa shape index (κ1) is 12.7. The molecule has 1 N–H and O–H groups in total. The van der Waals surface area contributed by atoms with Crippen molar-refractivity contribution in [2.24, 2.45) is 0 Å². The van der Waals surface area contributed by atoms with Crippen LogP contribution in [0.25, 0.3) is 0 Å². The molecule has 94 valence electrons. The molecule has 2 saturated heterocycles. The van der Waals surface area contributed by atoms with E-state index >= 15 is 0 Å². The Morgan fingerprint density at radius 2 is 2.06 bits per heavy atom. The van der Waals surface area contributed by atoms with Gasteiger partial charge >= 0.3 is 0 Å². The SMILES string of the molecule is CCCC1CN(C2CCSCC2)C(C)CN1. The Morgan fingerprint density at radius 3 is 2.75 bits per heavy atom. The average Bonchev–Trinajstić information content (AvgIpc) is 2.33. The minimum absolute atomic E-state index is 0.737. The molecule has 2 atom stereocenters. The van der Waals surface area contributed by atoms with Crippen molar-refractivity contribution in [1.29, 1.82) is 0 Å². The number of rotatable bonds is 3. The van der Waals surface area contributed by atoms with Crippen molar-refractivity contribution in [3.05, 3.63) is 0 Å². The van der Waals surface area contributed by atoms with Gasteiger partial charge in [-0.15, -0.1) is 0 Å². The zero-order valence-corrected chi connectivity index (χ0v) is 11.6. The Hall–Kier alpha value is 0.270. The van der Waals surface area contributed by atoms with Gasteiger partial charge in [0, 0.05) is 31.2 Å². The summed E-state index contributed by atoms with van der Waals surface area (Å²) in [4.78, 5) is 2.79. The van der Waals surface area contributed by atoms with Crippen LogP contribution in [0.15, 0.2) is 0 Å². The van der Waals surface area contributed by atoms with E-state index in [-0.39, 0.29) is 0 Å². The third-order valence-corrected chi connectivity index (χ3v) is 5.05. The van der Waals surface area contributed by atoms with Crippen LogP contribution in [-0.2, 0) is 0 Å². The Bertz CT molecular complexity index is 204. The van der Waals surface area contributed by atoms with E-state index in [9.17, 15) is 0 Å². The molecule has 0 amide bonds. The predicted octanol–water partition coefficient (Wildman–Crippen LogP) is 2.34. The molecule has 2 rings (SSSR count). The smallest absolute Gasteiger partial charge is 0.0196 e. The van der Waals surface area contributed by atoms with Crippen LogP contribution >= 0.6 is 11.8 Å². The van der Waals surface area contributed by atoms with Crippen LogP contribution in [0, 0.1) is 0 Å². The summed E-state index contributed by atoms with van der Waals surface area (Å²) in [6.07, 6.45) is 5.47. The summed E-state index contributed by atoms with van der Waals surface area (Å²) in [5, 5.41) is 3.69. The molecule has 0 saturated carbocycles. The maximum atomic E-state index is 3.69. The highest BCUT2D eigenvalue weighted by atomic mass is 32.2. The molecular formula is C13H26N2S. The number of thioether (sulfide) groups is 1. The first-order chi connectivity index (χ1) is 7.81. The lowest BCUT2D eigenvalue weighted by Crippen LogP contribution is -2.58. The van der Waals surface area contributed by atoms with E-state index in [2.05, 4.69) is 35.8 Å². The predicted molar refractivity (Wildman–Crippen MR) is 73.2 cm³/mol. The second-order valence-corrected chi connectivity index (χ2v) is 6.51. The third kappa shape index (κ3) is 3.14. The molecule has 0 bridgehead atoms. The second kappa shape index (κ2) is 6.27. The lowest BCUT2D eigenvalue weighted by molar-refractivity contribution is 0.0832. The van der Waals surface area contributed by atoms with Crippen LogP contribution in [0.5, 0.6) is 0 Å². The molecule has 2 fully saturated rings. The van der Waals surface area contributed by atoms with Gasteiger partial charge in [0.2, 0.25) is 0 Å². The van der Waals surface area contributed by atoms with Crippen molar-refractivity contribution in [3.63, 3.8) is 0 Å². The van der Waals surface area contributed by atoms with Gasteiger partial charge in [-0.1, -0.05) is 13.3 Å². The molecule has 0 spiro atoms. The van der Waals surface area contributed by atoms with Gasteiger partial charge in [-0.05, 0) is 37.7 Å². The average molecular weight is 242 g/mol. The normalized spacial score (nSPS) is 34.1. The second-order valence-electron chi connectivity index (χ2n) is 5.28. The monoisotopic (exact) mass is 242 g/mol. The quantitative estimate of drug-likeness (QED) is 0.818. The van der Waals surface area contributed by atoms with Crippen LogP contribution in [0.3, 0.4) is 0 Å². The molecule has 0 aromatic carbocycles. The van der Waals surface area contributed by atoms with E-state index in [1.165, 1.54) is 50.3 Å². The Kier molecular flexibility index (Phi) is 4.98. The number of hydrogen-bond acceptors (Lipinski definition) is 3. The van der Waals surface area contributed by atoms with Crippen molar-refractivity contribution in [2.75, 3.05) is 24.6 Å². The Balaban J connectivity index is 1.89. The van der Waals surface area contributed by atoms with Gasteiger partial charge in [0.05, 0.1) is 0 Å². The molecule has 2 aliphatic heterocycles. The van der Waals surface area contributed by atoms with Gasteiger partial charge in [-0.25, -0.2) is 0 Å². The maximum absolute atomic E-state index is 3.69. The first-order valence-corrected chi connectivity index (χ1v) is 8.03. The zero-order chi connectivity index (χ0) is 11.4. The van der Waals surface area contributed by atoms with E-state index in [1.54, 1.807) is 0 Å². The van der Waals surface area contributed by atoms with Gasteiger partial charge in [-0.2, -0.15) is 11.8 Å². The van der Waals surface area contributed by atoms with Gasteiger partial charge < -0.3 is 5.32 Å². The maximum Gasteiger partial charge on any atom is 0.0196 e. The van der Waals surface area contributed by atoms with E-state index < -0.39 is 0 Å². The van der Waals surface area contributed by atoms with Crippen LogP contribution in [0.1, 0.15) is 39.5 Å². The van der Waals surface area contributed by atoms with Crippen molar-refractivity contribution in [2.45, 2.75) is 57.7 Å².